The van der Waals surface area contributed by atoms with Gasteiger partial charge < -0.3 is 5.73 Å². The lowest BCUT2D eigenvalue weighted by atomic mass is 9.80. The second-order valence-electron chi connectivity index (χ2n) is 4.76. The van der Waals surface area contributed by atoms with Crippen molar-refractivity contribution in [3.05, 3.63) is 29.6 Å². The smallest absolute Gasteiger partial charge is 0.0448 e. The molecule has 1 atom stereocenters. The van der Waals surface area contributed by atoms with Crippen LogP contribution in [0.15, 0.2) is 18.3 Å². The molecular formula is C13H20N2. The molecule has 82 valence electrons. The number of aryl methyl sites for hydroxylation is 1. The molecule has 1 fully saturated rings. The lowest BCUT2D eigenvalue weighted by Crippen LogP contribution is -2.29. The minimum Gasteiger partial charge on any atom is -0.327 e. The molecule has 0 amide bonds. The first-order valence-corrected chi connectivity index (χ1v) is 5.92. The molecule has 1 aromatic heterocycles. The van der Waals surface area contributed by atoms with Gasteiger partial charge in [0.25, 0.3) is 0 Å². The van der Waals surface area contributed by atoms with Crippen LogP contribution in [0, 0.1) is 12.8 Å². The third-order valence-electron chi connectivity index (χ3n) is 3.43. The number of hydrogen-bond acceptors (Lipinski definition) is 2. The monoisotopic (exact) mass is 204 g/mol. The maximum absolute atomic E-state index is 6.14. The van der Waals surface area contributed by atoms with E-state index >= 15 is 0 Å². The van der Waals surface area contributed by atoms with Crippen molar-refractivity contribution in [3.8, 4) is 0 Å². The van der Waals surface area contributed by atoms with Gasteiger partial charge in [-0.2, -0.15) is 0 Å². The van der Waals surface area contributed by atoms with Gasteiger partial charge in [-0.15, -0.1) is 0 Å². The molecule has 2 rings (SSSR count). The van der Waals surface area contributed by atoms with E-state index in [9.17, 15) is 0 Å². The van der Waals surface area contributed by atoms with Crippen molar-refractivity contribution in [2.75, 3.05) is 0 Å². The number of nitrogens with zero attached hydrogens (tertiary/aromatic N) is 1. The van der Waals surface area contributed by atoms with Gasteiger partial charge in [-0.05, 0) is 30.9 Å². The van der Waals surface area contributed by atoms with Crippen LogP contribution in [0.4, 0.5) is 0 Å². The first-order chi connectivity index (χ1) is 7.25. The zero-order valence-electron chi connectivity index (χ0n) is 9.45. The molecule has 0 aliphatic heterocycles. The Morgan fingerprint density at radius 1 is 1.53 bits per heavy atom. The Bertz CT molecular complexity index is 318. The molecule has 15 heavy (non-hydrogen) atoms. The molecule has 1 aliphatic rings. The van der Waals surface area contributed by atoms with Crippen molar-refractivity contribution >= 4 is 0 Å². The highest BCUT2D eigenvalue weighted by Crippen LogP contribution is 2.30. The molecule has 1 heterocycles. The van der Waals surface area contributed by atoms with Gasteiger partial charge in [-0.25, -0.2) is 0 Å². The van der Waals surface area contributed by atoms with E-state index in [2.05, 4.69) is 18.0 Å². The van der Waals surface area contributed by atoms with Gasteiger partial charge in [0, 0.05) is 24.4 Å². The van der Waals surface area contributed by atoms with E-state index in [0.717, 1.165) is 12.3 Å². The summed E-state index contributed by atoms with van der Waals surface area (Å²) in [6, 6.07) is 4.39. The molecule has 0 bridgehead atoms. The summed E-state index contributed by atoms with van der Waals surface area (Å²) in [5, 5.41) is 0. The van der Waals surface area contributed by atoms with Crippen molar-refractivity contribution in [1.82, 2.24) is 4.98 Å². The average molecular weight is 204 g/mol. The molecule has 0 saturated heterocycles. The lowest BCUT2D eigenvalue weighted by Gasteiger charge is -2.28. The van der Waals surface area contributed by atoms with E-state index in [-0.39, 0.29) is 0 Å². The standard InChI is InChI=1S/C13H20N2/c1-10-4-3-7-15-13(10)9-12(14)8-11-5-2-6-11/h3-4,7,11-12H,2,5-6,8-9,14H2,1H3. The molecule has 1 aromatic rings. The second kappa shape index (κ2) is 4.75. The summed E-state index contributed by atoms with van der Waals surface area (Å²) in [6.07, 6.45) is 8.14. The third-order valence-corrected chi connectivity index (χ3v) is 3.43. The van der Waals surface area contributed by atoms with E-state index in [0.29, 0.717) is 6.04 Å². The van der Waals surface area contributed by atoms with Gasteiger partial charge in [0.1, 0.15) is 0 Å². The SMILES string of the molecule is Cc1cccnc1CC(N)CC1CCC1. The molecule has 0 aromatic carbocycles. The highest BCUT2D eigenvalue weighted by atomic mass is 14.7. The first-order valence-electron chi connectivity index (χ1n) is 5.92. The Hall–Kier alpha value is -0.890. The zero-order chi connectivity index (χ0) is 10.7. The highest BCUT2D eigenvalue weighted by molar-refractivity contribution is 5.18. The van der Waals surface area contributed by atoms with Crippen LogP contribution in [-0.2, 0) is 6.42 Å². The fourth-order valence-corrected chi connectivity index (χ4v) is 2.22. The lowest BCUT2D eigenvalue weighted by molar-refractivity contribution is 0.275. The maximum Gasteiger partial charge on any atom is 0.0448 e. The summed E-state index contributed by atoms with van der Waals surface area (Å²) in [6.45, 7) is 2.11. The zero-order valence-corrected chi connectivity index (χ0v) is 9.45. The third kappa shape index (κ3) is 2.78. The normalized spacial score (nSPS) is 18.5. The summed E-state index contributed by atoms with van der Waals surface area (Å²) in [4.78, 5) is 4.39. The van der Waals surface area contributed by atoms with Gasteiger partial charge in [-0.3, -0.25) is 4.98 Å². The molecule has 1 unspecified atom stereocenters. The van der Waals surface area contributed by atoms with Crippen LogP contribution in [0.1, 0.15) is 36.9 Å². The number of hydrogen-bond donors (Lipinski definition) is 1. The van der Waals surface area contributed by atoms with Crippen molar-refractivity contribution in [2.24, 2.45) is 11.7 Å². The van der Waals surface area contributed by atoms with Crippen molar-refractivity contribution < 1.29 is 0 Å². The van der Waals surface area contributed by atoms with E-state index in [1.165, 1.54) is 36.9 Å². The number of aromatic nitrogens is 1. The van der Waals surface area contributed by atoms with E-state index in [1.54, 1.807) is 0 Å². The summed E-state index contributed by atoms with van der Waals surface area (Å²) in [5.74, 6) is 0.893. The van der Waals surface area contributed by atoms with Crippen molar-refractivity contribution in [2.45, 2.75) is 45.1 Å². The predicted octanol–water partition coefficient (Wildman–Crippen LogP) is 2.45. The van der Waals surface area contributed by atoms with Gasteiger partial charge in [0.15, 0.2) is 0 Å². The average Bonchev–Trinajstić information content (AvgIpc) is 2.16. The van der Waals surface area contributed by atoms with Crippen LogP contribution in [-0.4, -0.2) is 11.0 Å². The number of pyridine rings is 1. The Labute approximate surface area is 91.9 Å². The van der Waals surface area contributed by atoms with Gasteiger partial charge >= 0.3 is 0 Å². The van der Waals surface area contributed by atoms with Crippen molar-refractivity contribution in [1.29, 1.82) is 0 Å². The molecule has 0 spiro atoms. The fourth-order valence-electron chi connectivity index (χ4n) is 2.22. The fraction of sp³-hybridized carbons (Fsp3) is 0.615. The minimum absolute atomic E-state index is 0.295. The topological polar surface area (TPSA) is 38.9 Å². The molecule has 2 heteroatoms. The van der Waals surface area contributed by atoms with E-state index in [4.69, 9.17) is 5.73 Å². The summed E-state index contributed by atoms with van der Waals surface area (Å²) >= 11 is 0. The van der Waals surface area contributed by atoms with Crippen LogP contribution < -0.4 is 5.73 Å². The number of nitrogens with two attached hydrogens (primary N) is 1. The molecule has 2 nitrogen and oxygen atoms in total. The summed E-state index contributed by atoms with van der Waals surface area (Å²) in [7, 11) is 0. The molecular weight excluding hydrogens is 184 g/mol. The second-order valence-corrected chi connectivity index (χ2v) is 4.76. The van der Waals surface area contributed by atoms with E-state index in [1.807, 2.05) is 12.3 Å². The van der Waals surface area contributed by atoms with Crippen LogP contribution in [0.2, 0.25) is 0 Å². The highest BCUT2D eigenvalue weighted by Gasteiger charge is 2.20. The summed E-state index contributed by atoms with van der Waals surface area (Å²) < 4.78 is 0. The summed E-state index contributed by atoms with van der Waals surface area (Å²) in [5.41, 5.74) is 8.58. The molecule has 1 saturated carbocycles. The Balaban J connectivity index is 1.87. The van der Waals surface area contributed by atoms with Crippen LogP contribution in [0.25, 0.3) is 0 Å². The first kappa shape index (κ1) is 10.6. The maximum atomic E-state index is 6.14. The Morgan fingerprint density at radius 2 is 2.33 bits per heavy atom. The van der Waals surface area contributed by atoms with Gasteiger partial charge in [-0.1, -0.05) is 25.3 Å². The quantitative estimate of drug-likeness (QED) is 0.818. The Morgan fingerprint density at radius 3 is 2.93 bits per heavy atom. The van der Waals surface area contributed by atoms with E-state index < -0.39 is 0 Å². The van der Waals surface area contributed by atoms with Gasteiger partial charge in [0.05, 0.1) is 0 Å². The van der Waals surface area contributed by atoms with Crippen LogP contribution >= 0.6 is 0 Å². The molecule has 0 radical (unpaired) electrons. The predicted molar refractivity (Wildman–Crippen MR) is 62.6 cm³/mol. The van der Waals surface area contributed by atoms with Crippen LogP contribution in [0.3, 0.4) is 0 Å². The number of rotatable bonds is 4. The van der Waals surface area contributed by atoms with Gasteiger partial charge in [0.2, 0.25) is 0 Å². The van der Waals surface area contributed by atoms with Crippen LogP contribution in [0.5, 0.6) is 0 Å². The molecule has 1 aliphatic carbocycles. The minimum atomic E-state index is 0.295. The molecule has 2 N–H and O–H groups in total. The Kier molecular flexibility index (Phi) is 3.37. The van der Waals surface area contributed by atoms with Crippen molar-refractivity contribution in [3.63, 3.8) is 0 Å². The largest absolute Gasteiger partial charge is 0.327 e.